The van der Waals surface area contributed by atoms with Crippen molar-refractivity contribution in [2.24, 2.45) is 0 Å². The van der Waals surface area contributed by atoms with Gasteiger partial charge in [-0.2, -0.15) is 0 Å². The average molecular weight is 460 g/mol. The number of anilines is 5. The van der Waals surface area contributed by atoms with E-state index in [1.807, 2.05) is 73.7 Å². The number of hydrogen-bond acceptors (Lipinski definition) is 5. The first-order valence-corrected chi connectivity index (χ1v) is 11.4. The van der Waals surface area contributed by atoms with Gasteiger partial charge in [0, 0.05) is 58.0 Å². The molecule has 0 fully saturated rings. The molecule has 5 aromatic rings. The average Bonchev–Trinajstić information content (AvgIpc) is 2.85. The van der Waals surface area contributed by atoms with Gasteiger partial charge in [-0.3, -0.25) is 14.8 Å². The Hall–Kier alpha value is -4.71. The fraction of sp³-hybridized carbons (Fsp3) is 0.0690. The third kappa shape index (κ3) is 5.12. The Kier molecular flexibility index (Phi) is 6.09. The number of aromatic nitrogens is 2. The number of aryl methyl sites for hydroxylation is 2. The SMILES string of the molecule is Cc1ccc2nccc(Nc3ccc(C(=O)Nc4cccc(Nc5ccncc5)c4)c(C)c3)c2c1. The number of benzene rings is 3. The van der Waals surface area contributed by atoms with E-state index < -0.39 is 0 Å². The van der Waals surface area contributed by atoms with E-state index in [0.29, 0.717) is 11.3 Å². The van der Waals surface area contributed by atoms with Crippen molar-refractivity contribution in [1.82, 2.24) is 9.97 Å². The van der Waals surface area contributed by atoms with E-state index in [1.54, 1.807) is 18.6 Å². The first-order valence-electron chi connectivity index (χ1n) is 11.4. The van der Waals surface area contributed by atoms with Crippen molar-refractivity contribution in [3.63, 3.8) is 0 Å². The number of pyridine rings is 2. The normalized spacial score (nSPS) is 10.7. The lowest BCUT2D eigenvalue weighted by atomic mass is 10.1. The molecule has 5 rings (SSSR count). The maximum Gasteiger partial charge on any atom is 0.255 e. The van der Waals surface area contributed by atoms with Gasteiger partial charge in [-0.25, -0.2) is 0 Å². The molecule has 0 atom stereocenters. The molecule has 0 spiro atoms. The second kappa shape index (κ2) is 9.65. The van der Waals surface area contributed by atoms with Crippen molar-refractivity contribution in [3.8, 4) is 0 Å². The molecule has 0 aliphatic heterocycles. The molecule has 2 aromatic heterocycles. The van der Waals surface area contributed by atoms with Crippen molar-refractivity contribution in [2.75, 3.05) is 16.0 Å². The minimum Gasteiger partial charge on any atom is -0.355 e. The summed E-state index contributed by atoms with van der Waals surface area (Å²) in [5, 5.41) is 10.9. The van der Waals surface area contributed by atoms with Crippen LogP contribution in [0.1, 0.15) is 21.5 Å². The summed E-state index contributed by atoms with van der Waals surface area (Å²) in [5.41, 5.74) is 8.04. The topological polar surface area (TPSA) is 78.9 Å². The van der Waals surface area contributed by atoms with Crippen LogP contribution in [0.25, 0.3) is 10.9 Å². The maximum absolute atomic E-state index is 13.0. The molecule has 0 aliphatic carbocycles. The van der Waals surface area contributed by atoms with Crippen LogP contribution in [0.4, 0.5) is 28.4 Å². The fourth-order valence-corrected chi connectivity index (χ4v) is 4.00. The third-order valence-electron chi connectivity index (χ3n) is 5.74. The molecular weight excluding hydrogens is 434 g/mol. The summed E-state index contributed by atoms with van der Waals surface area (Å²) in [5.74, 6) is -0.153. The van der Waals surface area contributed by atoms with Crippen LogP contribution >= 0.6 is 0 Å². The lowest BCUT2D eigenvalue weighted by Crippen LogP contribution is -2.13. The monoisotopic (exact) mass is 459 g/mol. The molecule has 0 aliphatic rings. The zero-order chi connectivity index (χ0) is 24.2. The zero-order valence-electron chi connectivity index (χ0n) is 19.5. The molecule has 0 radical (unpaired) electrons. The number of carbonyl (C=O) groups excluding carboxylic acids is 1. The standard InChI is InChI=1S/C29H25N5O/c1-19-6-9-27-26(16-19)28(12-15-31-27)33-24-7-8-25(20(2)17-24)29(35)34-23-5-3-4-22(18-23)32-21-10-13-30-14-11-21/h3-18H,1-2H3,(H,30,32)(H,31,33)(H,34,35). The first kappa shape index (κ1) is 22.1. The van der Waals surface area contributed by atoms with Crippen LogP contribution < -0.4 is 16.0 Å². The predicted octanol–water partition coefficient (Wildman–Crippen LogP) is 6.99. The van der Waals surface area contributed by atoms with Crippen LogP contribution in [0.5, 0.6) is 0 Å². The van der Waals surface area contributed by atoms with Crippen LogP contribution in [-0.4, -0.2) is 15.9 Å². The van der Waals surface area contributed by atoms with Gasteiger partial charge in [-0.1, -0.05) is 17.7 Å². The van der Waals surface area contributed by atoms with E-state index >= 15 is 0 Å². The van der Waals surface area contributed by atoms with Crippen molar-refractivity contribution < 1.29 is 4.79 Å². The second-order valence-electron chi connectivity index (χ2n) is 8.43. The molecule has 1 amide bonds. The highest BCUT2D eigenvalue weighted by Gasteiger charge is 2.11. The molecule has 0 saturated heterocycles. The summed E-state index contributed by atoms with van der Waals surface area (Å²) in [6, 6.07) is 25.3. The molecule has 0 saturated carbocycles. The Labute approximate surface area is 204 Å². The van der Waals surface area contributed by atoms with Crippen molar-refractivity contribution in [3.05, 3.63) is 114 Å². The lowest BCUT2D eigenvalue weighted by Gasteiger charge is -2.13. The number of amides is 1. The van der Waals surface area contributed by atoms with Gasteiger partial charge in [0.25, 0.3) is 5.91 Å². The van der Waals surface area contributed by atoms with Crippen molar-refractivity contribution in [1.29, 1.82) is 0 Å². The highest BCUT2D eigenvalue weighted by molar-refractivity contribution is 6.06. The minimum absolute atomic E-state index is 0.153. The molecule has 3 N–H and O–H groups in total. The quantitative estimate of drug-likeness (QED) is 0.255. The van der Waals surface area contributed by atoms with Crippen LogP contribution in [-0.2, 0) is 0 Å². The molecule has 0 unspecified atom stereocenters. The third-order valence-corrected chi connectivity index (χ3v) is 5.74. The smallest absolute Gasteiger partial charge is 0.255 e. The van der Waals surface area contributed by atoms with Crippen molar-refractivity contribution >= 4 is 45.2 Å². The summed E-state index contributed by atoms with van der Waals surface area (Å²) in [6.45, 7) is 4.01. The highest BCUT2D eigenvalue weighted by Crippen LogP contribution is 2.27. The van der Waals surface area contributed by atoms with E-state index in [0.717, 1.165) is 39.2 Å². The summed E-state index contributed by atoms with van der Waals surface area (Å²) in [7, 11) is 0. The van der Waals surface area contributed by atoms with E-state index in [1.165, 1.54) is 5.56 Å². The van der Waals surface area contributed by atoms with Gasteiger partial charge >= 0.3 is 0 Å². The summed E-state index contributed by atoms with van der Waals surface area (Å²) in [4.78, 5) is 21.5. The van der Waals surface area contributed by atoms with Crippen LogP contribution in [0.2, 0.25) is 0 Å². The van der Waals surface area contributed by atoms with E-state index in [-0.39, 0.29) is 5.91 Å². The Morgan fingerprint density at radius 1 is 0.714 bits per heavy atom. The van der Waals surface area contributed by atoms with Gasteiger partial charge < -0.3 is 16.0 Å². The van der Waals surface area contributed by atoms with Crippen LogP contribution in [0, 0.1) is 13.8 Å². The zero-order valence-corrected chi connectivity index (χ0v) is 19.5. The van der Waals surface area contributed by atoms with Gasteiger partial charge in [-0.15, -0.1) is 0 Å². The first-order chi connectivity index (χ1) is 17.0. The fourth-order valence-electron chi connectivity index (χ4n) is 4.00. The van der Waals surface area contributed by atoms with E-state index in [9.17, 15) is 4.79 Å². The van der Waals surface area contributed by atoms with Gasteiger partial charge in [0.05, 0.1) is 5.52 Å². The number of rotatable bonds is 6. The van der Waals surface area contributed by atoms with Gasteiger partial charge in [0.1, 0.15) is 0 Å². The second-order valence-corrected chi connectivity index (χ2v) is 8.43. The molecule has 0 bridgehead atoms. The molecule has 35 heavy (non-hydrogen) atoms. The van der Waals surface area contributed by atoms with Crippen molar-refractivity contribution in [2.45, 2.75) is 13.8 Å². The summed E-state index contributed by atoms with van der Waals surface area (Å²) < 4.78 is 0. The number of fused-ring (bicyclic) bond motifs is 1. The summed E-state index contributed by atoms with van der Waals surface area (Å²) in [6.07, 6.45) is 5.26. The minimum atomic E-state index is -0.153. The van der Waals surface area contributed by atoms with Gasteiger partial charge in [0.15, 0.2) is 0 Å². The molecule has 6 heteroatoms. The van der Waals surface area contributed by atoms with E-state index in [2.05, 4.69) is 45.0 Å². The molecule has 6 nitrogen and oxygen atoms in total. The van der Waals surface area contributed by atoms with E-state index in [4.69, 9.17) is 0 Å². The summed E-state index contributed by atoms with van der Waals surface area (Å²) >= 11 is 0. The molecule has 2 heterocycles. The Morgan fingerprint density at radius 3 is 2.34 bits per heavy atom. The molecule has 3 aromatic carbocycles. The number of hydrogen-bond donors (Lipinski definition) is 3. The Morgan fingerprint density at radius 2 is 1.51 bits per heavy atom. The van der Waals surface area contributed by atoms with Gasteiger partial charge in [-0.05, 0) is 86.1 Å². The van der Waals surface area contributed by atoms with Crippen LogP contribution in [0.3, 0.4) is 0 Å². The largest absolute Gasteiger partial charge is 0.355 e. The lowest BCUT2D eigenvalue weighted by molar-refractivity contribution is 0.102. The Bertz CT molecular complexity index is 1510. The maximum atomic E-state index is 13.0. The number of nitrogens with one attached hydrogen (secondary N) is 3. The highest BCUT2D eigenvalue weighted by atomic mass is 16.1. The number of nitrogens with zero attached hydrogens (tertiary/aromatic N) is 2. The number of carbonyl (C=O) groups is 1. The van der Waals surface area contributed by atoms with Gasteiger partial charge in [0.2, 0.25) is 0 Å². The molecular formula is C29H25N5O. The molecule has 172 valence electrons. The van der Waals surface area contributed by atoms with Crippen LogP contribution in [0.15, 0.2) is 97.5 Å². The Balaban J connectivity index is 1.32. The predicted molar refractivity (Wildman–Crippen MR) is 143 cm³/mol.